The number of furan rings is 1. The van der Waals surface area contributed by atoms with E-state index >= 15 is 0 Å². The number of amides is 1. The summed E-state index contributed by atoms with van der Waals surface area (Å²) in [5, 5.41) is 0.908. The summed E-state index contributed by atoms with van der Waals surface area (Å²) in [5.41, 5.74) is 0.649. The molecule has 0 spiro atoms. The van der Waals surface area contributed by atoms with Gasteiger partial charge < -0.3 is 19.0 Å². The van der Waals surface area contributed by atoms with Crippen molar-refractivity contribution in [3.8, 4) is 5.75 Å². The highest BCUT2D eigenvalue weighted by Crippen LogP contribution is 2.30. The monoisotopic (exact) mass is 300 g/mol. The van der Waals surface area contributed by atoms with Crippen LogP contribution in [0.4, 0.5) is 0 Å². The summed E-state index contributed by atoms with van der Waals surface area (Å²) in [5.74, 6) is 1.09. The average molecular weight is 300 g/mol. The Hall–Kier alpha value is -2.01. The number of piperidine rings is 1. The second-order valence-electron chi connectivity index (χ2n) is 6.06. The number of methoxy groups -OCH3 is 1. The molecule has 5 nitrogen and oxygen atoms in total. The summed E-state index contributed by atoms with van der Waals surface area (Å²) in [4.78, 5) is 17.3. The molecule has 3 aliphatic heterocycles. The van der Waals surface area contributed by atoms with Gasteiger partial charge in [-0.15, -0.1) is 0 Å². The zero-order chi connectivity index (χ0) is 15.1. The molecule has 2 aromatic rings. The first kappa shape index (κ1) is 13.6. The van der Waals surface area contributed by atoms with Crippen LogP contribution in [-0.2, 0) is 0 Å². The van der Waals surface area contributed by atoms with Crippen LogP contribution < -0.4 is 4.74 Å². The van der Waals surface area contributed by atoms with Crippen LogP contribution in [0.15, 0.2) is 28.7 Å². The van der Waals surface area contributed by atoms with Gasteiger partial charge in [-0.1, -0.05) is 12.1 Å². The van der Waals surface area contributed by atoms with Gasteiger partial charge in [0.15, 0.2) is 17.1 Å². The first-order valence-corrected chi connectivity index (χ1v) is 7.86. The van der Waals surface area contributed by atoms with Crippen LogP contribution in [-0.4, -0.2) is 55.0 Å². The molecule has 0 aliphatic carbocycles. The molecule has 2 bridgehead atoms. The van der Waals surface area contributed by atoms with E-state index in [1.807, 2.05) is 29.2 Å². The van der Waals surface area contributed by atoms with Crippen molar-refractivity contribution in [2.75, 3.05) is 33.3 Å². The molecule has 4 heterocycles. The van der Waals surface area contributed by atoms with Crippen molar-refractivity contribution >= 4 is 16.9 Å². The summed E-state index contributed by atoms with van der Waals surface area (Å²) < 4.78 is 11.1. The predicted octanol–water partition coefficient (Wildman–Crippen LogP) is 2.36. The second kappa shape index (κ2) is 5.32. The third kappa shape index (κ3) is 2.16. The highest BCUT2D eigenvalue weighted by Gasteiger charge is 2.33. The topological polar surface area (TPSA) is 45.9 Å². The quantitative estimate of drug-likeness (QED) is 0.854. The van der Waals surface area contributed by atoms with Gasteiger partial charge >= 0.3 is 0 Å². The molecule has 0 atom stereocenters. The van der Waals surface area contributed by atoms with Crippen molar-refractivity contribution in [2.45, 2.75) is 18.9 Å². The Morgan fingerprint density at radius 2 is 2.05 bits per heavy atom. The number of carbonyl (C=O) groups is 1. The van der Waals surface area contributed by atoms with Crippen molar-refractivity contribution in [1.82, 2.24) is 9.80 Å². The van der Waals surface area contributed by atoms with Gasteiger partial charge in [-0.3, -0.25) is 4.79 Å². The molecule has 0 unspecified atom stereocenters. The lowest BCUT2D eigenvalue weighted by Crippen LogP contribution is -2.41. The molecule has 116 valence electrons. The lowest BCUT2D eigenvalue weighted by molar-refractivity contribution is 0.0654. The van der Waals surface area contributed by atoms with Crippen molar-refractivity contribution in [3.05, 3.63) is 30.0 Å². The molecule has 1 amide bonds. The van der Waals surface area contributed by atoms with Crippen LogP contribution >= 0.6 is 0 Å². The fourth-order valence-corrected chi connectivity index (χ4v) is 3.60. The number of nitrogens with zero attached hydrogens (tertiary/aromatic N) is 2. The van der Waals surface area contributed by atoms with E-state index in [0.717, 1.165) is 44.4 Å². The Bertz CT molecular complexity index is 701. The third-order valence-corrected chi connectivity index (χ3v) is 4.85. The summed E-state index contributed by atoms with van der Waals surface area (Å²) in [6.07, 6.45) is 2.13. The largest absolute Gasteiger partial charge is 0.493 e. The zero-order valence-corrected chi connectivity index (χ0v) is 12.7. The molecule has 1 aromatic carbocycles. The lowest BCUT2D eigenvalue weighted by atomic mass is 10.1. The Labute approximate surface area is 129 Å². The van der Waals surface area contributed by atoms with E-state index in [2.05, 4.69) is 4.90 Å². The number of para-hydroxylation sites is 1. The number of carbonyl (C=O) groups excluding carboxylic acids is 1. The third-order valence-electron chi connectivity index (χ3n) is 4.85. The SMILES string of the molecule is COc1cccc2cc(C(=O)N3CCN4CCC3CC4)oc12. The predicted molar refractivity (Wildman–Crippen MR) is 83.3 cm³/mol. The number of hydrogen-bond donors (Lipinski definition) is 0. The Morgan fingerprint density at radius 1 is 1.23 bits per heavy atom. The van der Waals surface area contributed by atoms with Gasteiger partial charge in [0, 0.05) is 37.6 Å². The highest BCUT2D eigenvalue weighted by atomic mass is 16.5. The number of fused-ring (bicyclic) bond motifs is 5. The first-order valence-electron chi connectivity index (χ1n) is 7.86. The highest BCUT2D eigenvalue weighted by molar-refractivity contribution is 5.97. The van der Waals surface area contributed by atoms with Gasteiger partial charge in [0.1, 0.15) is 0 Å². The van der Waals surface area contributed by atoms with Crippen LogP contribution in [0.2, 0.25) is 0 Å². The van der Waals surface area contributed by atoms with E-state index in [0.29, 0.717) is 23.1 Å². The Kier molecular flexibility index (Phi) is 3.30. The van der Waals surface area contributed by atoms with E-state index in [9.17, 15) is 4.79 Å². The van der Waals surface area contributed by atoms with Gasteiger partial charge in [-0.05, 0) is 25.0 Å². The molecule has 5 rings (SSSR count). The summed E-state index contributed by atoms with van der Waals surface area (Å²) in [6.45, 7) is 3.95. The number of rotatable bonds is 2. The van der Waals surface area contributed by atoms with E-state index in [4.69, 9.17) is 9.15 Å². The molecule has 0 N–H and O–H groups in total. The molecule has 0 saturated carbocycles. The minimum atomic E-state index is 0.00648. The Morgan fingerprint density at radius 3 is 2.82 bits per heavy atom. The minimum Gasteiger partial charge on any atom is -0.493 e. The van der Waals surface area contributed by atoms with Crippen LogP contribution in [0.25, 0.3) is 11.0 Å². The minimum absolute atomic E-state index is 0.00648. The van der Waals surface area contributed by atoms with Gasteiger partial charge in [0.25, 0.3) is 5.91 Å². The molecule has 3 saturated heterocycles. The summed E-state index contributed by atoms with van der Waals surface area (Å²) in [7, 11) is 1.61. The van der Waals surface area contributed by atoms with Crippen LogP contribution in [0.5, 0.6) is 5.75 Å². The molecular weight excluding hydrogens is 280 g/mol. The lowest BCUT2D eigenvalue weighted by Gasteiger charge is -2.30. The molecule has 1 aromatic heterocycles. The number of hydrogen-bond acceptors (Lipinski definition) is 4. The van der Waals surface area contributed by atoms with E-state index in [-0.39, 0.29) is 5.91 Å². The standard InChI is InChI=1S/C17H20N2O3/c1-21-14-4-2-3-12-11-15(22-16(12)14)17(20)19-10-9-18-7-5-13(19)6-8-18/h2-4,11,13H,5-10H2,1H3. The number of ether oxygens (including phenoxy) is 1. The maximum atomic E-state index is 12.9. The second-order valence-corrected chi connectivity index (χ2v) is 6.06. The normalized spacial score (nSPS) is 24.5. The molecular formula is C17H20N2O3. The summed E-state index contributed by atoms with van der Waals surface area (Å²) in [6, 6.07) is 7.88. The molecule has 22 heavy (non-hydrogen) atoms. The molecule has 3 aliphatic rings. The fraction of sp³-hybridized carbons (Fsp3) is 0.471. The fourth-order valence-electron chi connectivity index (χ4n) is 3.60. The zero-order valence-electron chi connectivity index (χ0n) is 12.7. The van der Waals surface area contributed by atoms with Crippen LogP contribution in [0, 0.1) is 0 Å². The van der Waals surface area contributed by atoms with Crippen LogP contribution in [0.3, 0.4) is 0 Å². The van der Waals surface area contributed by atoms with Gasteiger partial charge in [-0.2, -0.15) is 0 Å². The smallest absolute Gasteiger partial charge is 0.289 e. The van der Waals surface area contributed by atoms with Gasteiger partial charge in [0.2, 0.25) is 0 Å². The Balaban J connectivity index is 1.67. The number of benzene rings is 1. The average Bonchev–Trinajstić information content (AvgIpc) is 2.78. The van der Waals surface area contributed by atoms with Crippen molar-refractivity contribution < 1.29 is 13.9 Å². The molecule has 0 radical (unpaired) electrons. The van der Waals surface area contributed by atoms with E-state index in [1.54, 1.807) is 7.11 Å². The maximum Gasteiger partial charge on any atom is 0.289 e. The molecule has 3 fully saturated rings. The summed E-state index contributed by atoms with van der Waals surface area (Å²) >= 11 is 0. The van der Waals surface area contributed by atoms with E-state index < -0.39 is 0 Å². The first-order chi connectivity index (χ1) is 10.8. The maximum absolute atomic E-state index is 12.9. The van der Waals surface area contributed by atoms with Crippen molar-refractivity contribution in [1.29, 1.82) is 0 Å². The van der Waals surface area contributed by atoms with E-state index in [1.165, 1.54) is 0 Å². The van der Waals surface area contributed by atoms with Crippen LogP contribution in [0.1, 0.15) is 23.4 Å². The molecule has 5 heteroatoms. The van der Waals surface area contributed by atoms with Gasteiger partial charge in [0.05, 0.1) is 7.11 Å². The van der Waals surface area contributed by atoms with Gasteiger partial charge in [-0.25, -0.2) is 0 Å². The van der Waals surface area contributed by atoms with Crippen molar-refractivity contribution in [2.24, 2.45) is 0 Å². The van der Waals surface area contributed by atoms with Crippen molar-refractivity contribution in [3.63, 3.8) is 0 Å².